The molecule has 1 aliphatic rings. The summed E-state index contributed by atoms with van der Waals surface area (Å²) in [6, 6.07) is 12.8. The quantitative estimate of drug-likeness (QED) is 0.769. The van der Waals surface area contributed by atoms with E-state index in [2.05, 4.69) is 26.1 Å². The Balaban J connectivity index is 1.71. The molecule has 3 rings (SSSR count). The molecule has 6 heteroatoms. The van der Waals surface area contributed by atoms with Gasteiger partial charge in [-0.05, 0) is 53.4 Å². The molecule has 0 unspecified atom stereocenters. The number of ether oxygens (including phenoxy) is 1. The Labute approximate surface area is 183 Å². The van der Waals surface area contributed by atoms with Gasteiger partial charge in [-0.15, -0.1) is 0 Å². The maximum Gasteiger partial charge on any atom is 0.253 e. The van der Waals surface area contributed by atoms with Crippen LogP contribution in [0.5, 0.6) is 5.75 Å². The summed E-state index contributed by atoms with van der Waals surface area (Å²) in [5, 5.41) is 3.33. The van der Waals surface area contributed by atoms with Gasteiger partial charge in [-0.2, -0.15) is 0 Å². The van der Waals surface area contributed by atoms with E-state index < -0.39 is 0 Å². The fourth-order valence-corrected chi connectivity index (χ4v) is 3.65. The van der Waals surface area contributed by atoms with Gasteiger partial charge in [-0.3, -0.25) is 9.59 Å². The molecule has 0 atom stereocenters. The van der Waals surface area contributed by atoms with E-state index >= 15 is 0 Å². The van der Waals surface area contributed by atoms with Gasteiger partial charge >= 0.3 is 0 Å². The third-order valence-corrected chi connectivity index (χ3v) is 5.63. The van der Waals surface area contributed by atoms with Crippen molar-refractivity contribution < 1.29 is 14.3 Å². The van der Waals surface area contributed by atoms with E-state index in [4.69, 9.17) is 16.3 Å². The summed E-state index contributed by atoms with van der Waals surface area (Å²) >= 11 is 5.92. The van der Waals surface area contributed by atoms with Crippen molar-refractivity contribution in [3.63, 3.8) is 0 Å². The molecule has 1 N–H and O–H groups in total. The minimum Gasteiger partial charge on any atom is -0.490 e. The monoisotopic (exact) mass is 428 g/mol. The van der Waals surface area contributed by atoms with Gasteiger partial charge in [0.2, 0.25) is 0 Å². The summed E-state index contributed by atoms with van der Waals surface area (Å²) in [7, 11) is 1.60. The third kappa shape index (κ3) is 5.33. The van der Waals surface area contributed by atoms with E-state index in [1.165, 1.54) is 0 Å². The molecular formula is C24H29ClN2O3. The van der Waals surface area contributed by atoms with E-state index in [9.17, 15) is 9.59 Å². The van der Waals surface area contributed by atoms with Gasteiger partial charge in [0.05, 0.1) is 0 Å². The molecule has 1 saturated heterocycles. The number of carbonyl (C=O) groups excluding carboxylic acids is 2. The number of hydrogen-bond acceptors (Lipinski definition) is 3. The lowest BCUT2D eigenvalue weighted by Gasteiger charge is -2.32. The molecule has 0 saturated carbocycles. The first-order valence-electron chi connectivity index (χ1n) is 10.3. The van der Waals surface area contributed by atoms with Crippen LogP contribution in [0.4, 0.5) is 0 Å². The average molecular weight is 429 g/mol. The molecule has 2 aromatic carbocycles. The van der Waals surface area contributed by atoms with Crippen LogP contribution >= 0.6 is 11.6 Å². The van der Waals surface area contributed by atoms with Crippen LogP contribution in [0.2, 0.25) is 5.02 Å². The fraction of sp³-hybridized carbons (Fsp3) is 0.417. The van der Waals surface area contributed by atoms with Crippen molar-refractivity contribution in [3.05, 3.63) is 64.2 Å². The number of carbonyl (C=O) groups is 2. The summed E-state index contributed by atoms with van der Waals surface area (Å²) in [6.45, 7) is 7.45. The van der Waals surface area contributed by atoms with E-state index in [1.807, 2.05) is 41.3 Å². The maximum absolute atomic E-state index is 13.2. The van der Waals surface area contributed by atoms with Gasteiger partial charge in [-0.1, -0.05) is 32.4 Å². The number of nitrogens with zero attached hydrogens (tertiary/aromatic N) is 1. The number of likely N-dealkylation sites (tertiary alicyclic amines) is 1. The average Bonchev–Trinajstić information content (AvgIpc) is 2.74. The van der Waals surface area contributed by atoms with Crippen molar-refractivity contribution in [2.24, 2.45) is 0 Å². The highest BCUT2D eigenvalue weighted by atomic mass is 35.5. The molecule has 2 amide bonds. The highest BCUT2D eigenvalue weighted by Gasteiger charge is 2.26. The van der Waals surface area contributed by atoms with Crippen molar-refractivity contribution in [1.29, 1.82) is 0 Å². The van der Waals surface area contributed by atoms with Crippen molar-refractivity contribution in [2.45, 2.75) is 45.1 Å². The summed E-state index contributed by atoms with van der Waals surface area (Å²) < 4.78 is 6.02. The largest absolute Gasteiger partial charge is 0.490 e. The molecule has 1 fully saturated rings. The fourth-order valence-electron chi connectivity index (χ4n) is 3.52. The molecule has 0 bridgehead atoms. The predicted octanol–water partition coefficient (Wildman–Crippen LogP) is 4.68. The summed E-state index contributed by atoms with van der Waals surface area (Å²) in [4.78, 5) is 27.2. The number of amides is 2. The Morgan fingerprint density at radius 1 is 1.03 bits per heavy atom. The molecule has 160 valence electrons. The topological polar surface area (TPSA) is 58.6 Å². The standard InChI is InChI=1S/C24H29ClN2O3/c1-24(2,3)18-14-16(22(28)26-4)13-17(15-18)23(29)27-11-9-21(10-12-27)30-20-7-5-19(25)6-8-20/h5-8,13-15,21H,9-12H2,1-4H3,(H,26,28). The van der Waals surface area contributed by atoms with Gasteiger partial charge in [-0.25, -0.2) is 0 Å². The number of rotatable bonds is 4. The number of hydrogen-bond donors (Lipinski definition) is 1. The zero-order valence-electron chi connectivity index (χ0n) is 18.0. The molecule has 0 aromatic heterocycles. The minimum absolute atomic E-state index is 0.0452. The molecule has 5 nitrogen and oxygen atoms in total. The molecule has 30 heavy (non-hydrogen) atoms. The summed E-state index contributed by atoms with van der Waals surface area (Å²) in [5.41, 5.74) is 1.86. The first kappa shape index (κ1) is 22.2. The van der Waals surface area contributed by atoms with Crippen molar-refractivity contribution in [1.82, 2.24) is 10.2 Å². The van der Waals surface area contributed by atoms with E-state index in [0.717, 1.165) is 24.2 Å². The molecule has 0 radical (unpaired) electrons. The minimum atomic E-state index is -0.190. The molecule has 0 spiro atoms. The molecular weight excluding hydrogens is 400 g/mol. The highest BCUT2D eigenvalue weighted by molar-refractivity contribution is 6.30. The highest BCUT2D eigenvalue weighted by Crippen LogP contribution is 2.27. The number of piperidine rings is 1. The molecule has 1 aliphatic heterocycles. The Morgan fingerprint density at radius 2 is 1.63 bits per heavy atom. The van der Waals surface area contributed by atoms with Gasteiger partial charge in [0.25, 0.3) is 11.8 Å². The van der Waals surface area contributed by atoms with Crippen LogP contribution in [0, 0.1) is 0 Å². The third-order valence-electron chi connectivity index (χ3n) is 5.38. The van der Waals surface area contributed by atoms with Crippen LogP contribution in [-0.2, 0) is 5.41 Å². The first-order chi connectivity index (χ1) is 14.2. The second-order valence-corrected chi connectivity index (χ2v) is 9.13. The zero-order valence-corrected chi connectivity index (χ0v) is 18.8. The molecule has 0 aliphatic carbocycles. The smallest absolute Gasteiger partial charge is 0.253 e. The Kier molecular flexibility index (Phi) is 6.71. The van der Waals surface area contributed by atoms with E-state index in [-0.39, 0.29) is 23.3 Å². The van der Waals surface area contributed by atoms with Crippen LogP contribution in [0.1, 0.15) is 59.9 Å². The summed E-state index contributed by atoms with van der Waals surface area (Å²) in [6.07, 6.45) is 1.59. The zero-order chi connectivity index (χ0) is 21.9. The number of benzene rings is 2. The SMILES string of the molecule is CNC(=O)c1cc(C(=O)N2CCC(Oc3ccc(Cl)cc3)CC2)cc(C(C)(C)C)c1. The van der Waals surface area contributed by atoms with Crippen LogP contribution in [0.3, 0.4) is 0 Å². The lowest BCUT2D eigenvalue weighted by molar-refractivity contribution is 0.0595. The van der Waals surface area contributed by atoms with Crippen LogP contribution in [-0.4, -0.2) is 43.0 Å². The predicted molar refractivity (Wildman–Crippen MR) is 120 cm³/mol. The normalized spacial score (nSPS) is 15.0. The summed E-state index contributed by atoms with van der Waals surface area (Å²) in [5.74, 6) is 0.554. The van der Waals surface area contributed by atoms with E-state index in [1.54, 1.807) is 13.1 Å². The van der Waals surface area contributed by atoms with Crippen molar-refractivity contribution in [3.8, 4) is 5.75 Å². The lowest BCUT2D eigenvalue weighted by Crippen LogP contribution is -2.42. The van der Waals surface area contributed by atoms with Gasteiger partial charge in [0, 0.05) is 49.1 Å². The van der Waals surface area contributed by atoms with E-state index in [0.29, 0.717) is 29.2 Å². The maximum atomic E-state index is 13.2. The van der Waals surface area contributed by atoms with Crippen LogP contribution in [0.25, 0.3) is 0 Å². The van der Waals surface area contributed by atoms with Gasteiger partial charge in [0.15, 0.2) is 0 Å². The van der Waals surface area contributed by atoms with Crippen LogP contribution in [0.15, 0.2) is 42.5 Å². The molecule has 2 aromatic rings. The Morgan fingerprint density at radius 3 is 2.20 bits per heavy atom. The Bertz CT molecular complexity index is 911. The van der Waals surface area contributed by atoms with Gasteiger partial charge < -0.3 is 15.0 Å². The Hall–Kier alpha value is -2.53. The second-order valence-electron chi connectivity index (χ2n) is 8.69. The van der Waals surface area contributed by atoms with Crippen LogP contribution < -0.4 is 10.1 Å². The second kappa shape index (κ2) is 9.09. The number of halogens is 1. The first-order valence-corrected chi connectivity index (χ1v) is 10.6. The molecule has 1 heterocycles. The van der Waals surface area contributed by atoms with Crippen molar-refractivity contribution >= 4 is 23.4 Å². The number of nitrogens with one attached hydrogen (secondary N) is 1. The van der Waals surface area contributed by atoms with Gasteiger partial charge in [0.1, 0.15) is 11.9 Å². The van der Waals surface area contributed by atoms with Crippen molar-refractivity contribution in [2.75, 3.05) is 20.1 Å². The lowest BCUT2D eigenvalue weighted by atomic mass is 9.84.